The van der Waals surface area contributed by atoms with E-state index in [2.05, 4.69) is 24.3 Å². The van der Waals surface area contributed by atoms with Crippen molar-refractivity contribution < 1.29 is 0 Å². The molecule has 0 bridgehead atoms. The van der Waals surface area contributed by atoms with Crippen LogP contribution in [0.25, 0.3) is 0 Å². The highest BCUT2D eigenvalue weighted by molar-refractivity contribution is 4.66. The van der Waals surface area contributed by atoms with Crippen LogP contribution < -0.4 is 5.43 Å². The highest BCUT2D eigenvalue weighted by Crippen LogP contribution is 2.02. The van der Waals surface area contributed by atoms with Crippen LogP contribution in [-0.2, 0) is 0 Å². The van der Waals surface area contributed by atoms with Gasteiger partial charge in [0.25, 0.3) is 0 Å². The van der Waals surface area contributed by atoms with Crippen molar-refractivity contribution in [1.82, 2.24) is 10.4 Å². The summed E-state index contributed by atoms with van der Waals surface area (Å²) < 4.78 is 0. The molecule has 0 saturated carbocycles. The van der Waals surface area contributed by atoms with Crippen LogP contribution in [0.1, 0.15) is 13.8 Å². The number of hydrogen-bond donors (Lipinski definition) is 1. The molecule has 1 N–H and O–H groups in total. The van der Waals surface area contributed by atoms with E-state index in [1.165, 1.54) is 6.54 Å². The van der Waals surface area contributed by atoms with E-state index in [1.54, 1.807) is 0 Å². The third-order valence-corrected chi connectivity index (χ3v) is 1.58. The molecule has 1 aliphatic rings. The SMILES string of the molecule is CCN1CC(C)CN1. The van der Waals surface area contributed by atoms with E-state index in [0.29, 0.717) is 0 Å². The first kappa shape index (κ1) is 6.05. The Bertz CT molecular complexity index is 72.9. The lowest BCUT2D eigenvalue weighted by Crippen LogP contribution is -2.30. The summed E-state index contributed by atoms with van der Waals surface area (Å²) in [6.45, 7) is 7.95. The van der Waals surface area contributed by atoms with Crippen molar-refractivity contribution in [3.05, 3.63) is 0 Å². The van der Waals surface area contributed by atoms with Gasteiger partial charge in [-0.2, -0.15) is 0 Å². The summed E-state index contributed by atoms with van der Waals surface area (Å²) in [5.41, 5.74) is 3.29. The highest BCUT2D eigenvalue weighted by atomic mass is 15.5. The maximum Gasteiger partial charge on any atom is 0.0169 e. The number of hydrazine groups is 1. The molecule has 1 fully saturated rings. The van der Waals surface area contributed by atoms with Gasteiger partial charge in [-0.15, -0.1) is 0 Å². The summed E-state index contributed by atoms with van der Waals surface area (Å²) in [4.78, 5) is 0. The van der Waals surface area contributed by atoms with Crippen molar-refractivity contribution in [2.75, 3.05) is 19.6 Å². The molecular formula is C6H14N2. The average Bonchev–Trinajstić information content (AvgIpc) is 2.14. The Kier molecular flexibility index (Phi) is 1.86. The van der Waals surface area contributed by atoms with E-state index in [9.17, 15) is 0 Å². The molecule has 1 saturated heterocycles. The Hall–Kier alpha value is -0.0800. The smallest absolute Gasteiger partial charge is 0.0169 e. The van der Waals surface area contributed by atoms with Gasteiger partial charge in [0.2, 0.25) is 0 Å². The summed E-state index contributed by atoms with van der Waals surface area (Å²) in [6.07, 6.45) is 0. The molecule has 2 nitrogen and oxygen atoms in total. The summed E-state index contributed by atoms with van der Waals surface area (Å²) in [6, 6.07) is 0. The van der Waals surface area contributed by atoms with E-state index < -0.39 is 0 Å². The largest absolute Gasteiger partial charge is 0.255 e. The van der Waals surface area contributed by atoms with Gasteiger partial charge in [-0.25, -0.2) is 5.01 Å². The highest BCUT2D eigenvalue weighted by Gasteiger charge is 2.14. The van der Waals surface area contributed by atoms with Gasteiger partial charge in [-0.3, -0.25) is 5.43 Å². The van der Waals surface area contributed by atoms with Gasteiger partial charge in [-0.1, -0.05) is 13.8 Å². The summed E-state index contributed by atoms with van der Waals surface area (Å²) >= 11 is 0. The molecule has 0 aliphatic carbocycles. The standard InChI is InChI=1S/C6H14N2/c1-3-8-5-6(2)4-7-8/h6-7H,3-5H2,1-2H3. The van der Waals surface area contributed by atoms with Crippen molar-refractivity contribution in [2.45, 2.75) is 13.8 Å². The monoisotopic (exact) mass is 114 g/mol. The topological polar surface area (TPSA) is 15.3 Å². The van der Waals surface area contributed by atoms with Gasteiger partial charge in [0, 0.05) is 19.6 Å². The molecule has 1 unspecified atom stereocenters. The predicted octanol–water partition coefficient (Wildman–Crippen LogP) is 0.463. The first-order valence-corrected chi connectivity index (χ1v) is 3.31. The molecule has 0 spiro atoms. The average molecular weight is 114 g/mol. The van der Waals surface area contributed by atoms with Crippen LogP contribution in [0.3, 0.4) is 0 Å². The summed E-state index contributed by atoms with van der Waals surface area (Å²) in [5, 5.41) is 2.25. The van der Waals surface area contributed by atoms with Gasteiger partial charge >= 0.3 is 0 Å². The lowest BCUT2D eigenvalue weighted by molar-refractivity contribution is 0.264. The zero-order valence-corrected chi connectivity index (χ0v) is 5.65. The Balaban J connectivity index is 2.22. The van der Waals surface area contributed by atoms with Crippen LogP contribution in [0.5, 0.6) is 0 Å². The molecule has 1 aliphatic heterocycles. The first-order valence-electron chi connectivity index (χ1n) is 3.31. The van der Waals surface area contributed by atoms with Crippen molar-refractivity contribution in [1.29, 1.82) is 0 Å². The van der Waals surface area contributed by atoms with Gasteiger partial charge in [0.1, 0.15) is 0 Å². The van der Waals surface area contributed by atoms with Gasteiger partial charge in [0.15, 0.2) is 0 Å². The molecule has 1 atom stereocenters. The number of nitrogens with zero attached hydrogens (tertiary/aromatic N) is 1. The molecular weight excluding hydrogens is 100 g/mol. The quantitative estimate of drug-likeness (QED) is 0.533. The first-order chi connectivity index (χ1) is 3.83. The minimum atomic E-state index is 0.843. The molecule has 0 radical (unpaired) electrons. The number of rotatable bonds is 1. The van der Waals surface area contributed by atoms with Gasteiger partial charge < -0.3 is 0 Å². The number of nitrogens with one attached hydrogen (secondary N) is 1. The Labute approximate surface area is 50.8 Å². The van der Waals surface area contributed by atoms with Crippen LogP contribution in [0.15, 0.2) is 0 Å². The van der Waals surface area contributed by atoms with Gasteiger partial charge in [0.05, 0.1) is 0 Å². The molecule has 0 aromatic rings. The molecule has 0 aromatic carbocycles. The van der Waals surface area contributed by atoms with Crippen molar-refractivity contribution in [2.24, 2.45) is 5.92 Å². The van der Waals surface area contributed by atoms with Crippen LogP contribution in [0, 0.1) is 5.92 Å². The lowest BCUT2D eigenvalue weighted by atomic mass is 10.2. The van der Waals surface area contributed by atoms with E-state index in [-0.39, 0.29) is 0 Å². The molecule has 1 heterocycles. The zero-order valence-electron chi connectivity index (χ0n) is 5.65. The minimum Gasteiger partial charge on any atom is -0.255 e. The normalized spacial score (nSPS) is 31.5. The maximum atomic E-state index is 3.29. The van der Waals surface area contributed by atoms with Crippen molar-refractivity contribution >= 4 is 0 Å². The van der Waals surface area contributed by atoms with Crippen LogP contribution in [0.2, 0.25) is 0 Å². The van der Waals surface area contributed by atoms with E-state index in [0.717, 1.165) is 19.0 Å². The van der Waals surface area contributed by atoms with Crippen LogP contribution >= 0.6 is 0 Å². The fraction of sp³-hybridized carbons (Fsp3) is 1.00. The molecule has 1 rings (SSSR count). The van der Waals surface area contributed by atoms with Crippen LogP contribution in [0.4, 0.5) is 0 Å². The molecule has 8 heavy (non-hydrogen) atoms. The molecule has 0 aromatic heterocycles. The van der Waals surface area contributed by atoms with E-state index >= 15 is 0 Å². The summed E-state index contributed by atoms with van der Waals surface area (Å²) in [7, 11) is 0. The second kappa shape index (κ2) is 2.46. The third-order valence-electron chi connectivity index (χ3n) is 1.58. The lowest BCUT2D eigenvalue weighted by Gasteiger charge is -2.10. The maximum absolute atomic E-state index is 3.29. The van der Waals surface area contributed by atoms with Crippen molar-refractivity contribution in [3.8, 4) is 0 Å². The van der Waals surface area contributed by atoms with Crippen LogP contribution in [-0.4, -0.2) is 24.6 Å². The third kappa shape index (κ3) is 1.20. The minimum absolute atomic E-state index is 0.843. The van der Waals surface area contributed by atoms with Crippen molar-refractivity contribution in [3.63, 3.8) is 0 Å². The molecule has 0 amide bonds. The zero-order chi connectivity index (χ0) is 5.98. The summed E-state index contributed by atoms with van der Waals surface area (Å²) in [5.74, 6) is 0.843. The molecule has 2 heteroatoms. The Morgan fingerprint density at radius 1 is 1.75 bits per heavy atom. The second-order valence-corrected chi connectivity index (χ2v) is 2.51. The molecule has 48 valence electrons. The van der Waals surface area contributed by atoms with Gasteiger partial charge in [-0.05, 0) is 5.92 Å². The Morgan fingerprint density at radius 2 is 2.50 bits per heavy atom. The fourth-order valence-electron chi connectivity index (χ4n) is 1.03. The fourth-order valence-corrected chi connectivity index (χ4v) is 1.03. The second-order valence-electron chi connectivity index (χ2n) is 2.51. The number of hydrogen-bond acceptors (Lipinski definition) is 2. The van der Waals surface area contributed by atoms with E-state index in [1.807, 2.05) is 0 Å². The van der Waals surface area contributed by atoms with E-state index in [4.69, 9.17) is 0 Å². The Morgan fingerprint density at radius 3 is 2.75 bits per heavy atom. The predicted molar refractivity (Wildman–Crippen MR) is 34.4 cm³/mol.